The third-order valence-electron chi connectivity index (χ3n) is 2.93. The molecule has 0 fully saturated rings. The molecule has 1 aromatic carbocycles. The van der Waals surface area contributed by atoms with Gasteiger partial charge in [-0.2, -0.15) is 0 Å². The Hall–Kier alpha value is -1.59. The van der Waals surface area contributed by atoms with E-state index in [1.165, 1.54) is 4.90 Å². The van der Waals surface area contributed by atoms with Gasteiger partial charge in [-0.3, -0.25) is 4.79 Å². The van der Waals surface area contributed by atoms with E-state index in [0.29, 0.717) is 11.4 Å². The standard InChI is InChI=1S/C13H17NO4/c1-8-3-4-12-11(5-8)14(6-10(16)7-15)13(17)9(2)18-12/h3-5,9-10,15-16H,6-7H2,1-2H3. The Morgan fingerprint density at radius 3 is 2.89 bits per heavy atom. The molecule has 2 unspecified atom stereocenters. The summed E-state index contributed by atoms with van der Waals surface area (Å²) < 4.78 is 5.51. The molecule has 2 rings (SSSR count). The third-order valence-corrected chi connectivity index (χ3v) is 2.93. The van der Waals surface area contributed by atoms with Gasteiger partial charge >= 0.3 is 0 Å². The number of carbonyl (C=O) groups is 1. The van der Waals surface area contributed by atoms with Gasteiger partial charge in [-0.1, -0.05) is 6.07 Å². The summed E-state index contributed by atoms with van der Waals surface area (Å²) in [7, 11) is 0. The van der Waals surface area contributed by atoms with Gasteiger partial charge in [-0.05, 0) is 31.5 Å². The van der Waals surface area contributed by atoms with Gasteiger partial charge in [0, 0.05) is 0 Å². The van der Waals surface area contributed by atoms with Gasteiger partial charge in [0.05, 0.1) is 24.9 Å². The molecule has 0 saturated heterocycles. The normalized spacial score (nSPS) is 20.3. The maximum Gasteiger partial charge on any atom is 0.267 e. The van der Waals surface area contributed by atoms with Crippen molar-refractivity contribution in [3.63, 3.8) is 0 Å². The number of aryl methyl sites for hydroxylation is 1. The average molecular weight is 251 g/mol. The Morgan fingerprint density at radius 2 is 2.22 bits per heavy atom. The van der Waals surface area contributed by atoms with Gasteiger partial charge in [-0.15, -0.1) is 0 Å². The van der Waals surface area contributed by atoms with E-state index in [1.54, 1.807) is 6.92 Å². The van der Waals surface area contributed by atoms with Crippen LogP contribution in [0.15, 0.2) is 18.2 Å². The molecular weight excluding hydrogens is 234 g/mol. The number of β-amino-alcohol motifs (C(OH)–C–C–N with tert-alkyl or cyclic N) is 1. The predicted octanol–water partition coefficient (Wildman–Crippen LogP) is 0.462. The van der Waals surface area contributed by atoms with Crippen LogP contribution in [0.5, 0.6) is 5.75 Å². The number of aliphatic hydroxyl groups is 2. The Labute approximate surface area is 106 Å². The Balaban J connectivity index is 2.37. The fraction of sp³-hybridized carbons (Fsp3) is 0.462. The highest BCUT2D eigenvalue weighted by atomic mass is 16.5. The average Bonchev–Trinajstić information content (AvgIpc) is 2.35. The molecule has 0 radical (unpaired) electrons. The summed E-state index contributed by atoms with van der Waals surface area (Å²) in [5, 5.41) is 18.4. The molecule has 1 aliphatic heterocycles. The first-order chi connectivity index (χ1) is 8.52. The van der Waals surface area contributed by atoms with Gasteiger partial charge < -0.3 is 19.8 Å². The quantitative estimate of drug-likeness (QED) is 0.819. The number of hydrogen-bond acceptors (Lipinski definition) is 4. The number of aliphatic hydroxyl groups excluding tert-OH is 2. The molecule has 5 nitrogen and oxygen atoms in total. The second-order valence-corrected chi connectivity index (χ2v) is 4.52. The highest BCUT2D eigenvalue weighted by Gasteiger charge is 2.32. The number of hydrogen-bond donors (Lipinski definition) is 2. The van der Waals surface area contributed by atoms with Crippen LogP contribution in [0.4, 0.5) is 5.69 Å². The van der Waals surface area contributed by atoms with Crippen LogP contribution >= 0.6 is 0 Å². The topological polar surface area (TPSA) is 70.0 Å². The minimum absolute atomic E-state index is 0.0689. The lowest BCUT2D eigenvalue weighted by Crippen LogP contribution is -2.48. The van der Waals surface area contributed by atoms with Crippen molar-refractivity contribution in [2.24, 2.45) is 0 Å². The summed E-state index contributed by atoms with van der Waals surface area (Å²) in [6.07, 6.45) is -1.53. The van der Waals surface area contributed by atoms with Gasteiger partial charge in [0.25, 0.3) is 5.91 Å². The first-order valence-corrected chi connectivity index (χ1v) is 5.90. The number of rotatable bonds is 3. The fourth-order valence-corrected chi connectivity index (χ4v) is 1.97. The van der Waals surface area contributed by atoms with E-state index in [0.717, 1.165) is 5.56 Å². The van der Waals surface area contributed by atoms with Crippen molar-refractivity contribution in [3.8, 4) is 5.75 Å². The molecule has 0 spiro atoms. The van der Waals surface area contributed by atoms with Crippen LogP contribution in [0, 0.1) is 6.92 Å². The van der Waals surface area contributed by atoms with Crippen molar-refractivity contribution in [3.05, 3.63) is 23.8 Å². The van der Waals surface area contributed by atoms with Gasteiger partial charge in [0.15, 0.2) is 6.10 Å². The molecule has 0 aliphatic carbocycles. The summed E-state index contributed by atoms with van der Waals surface area (Å²) in [6.45, 7) is 3.28. The second kappa shape index (κ2) is 4.96. The first-order valence-electron chi connectivity index (χ1n) is 5.90. The van der Waals surface area contributed by atoms with Crippen LogP contribution in [0.1, 0.15) is 12.5 Å². The zero-order chi connectivity index (χ0) is 13.3. The molecule has 5 heteroatoms. The van der Waals surface area contributed by atoms with Crippen LogP contribution in [-0.4, -0.2) is 41.5 Å². The maximum absolute atomic E-state index is 12.1. The lowest BCUT2D eigenvalue weighted by molar-refractivity contribution is -0.126. The molecule has 1 aromatic rings. The summed E-state index contributed by atoms with van der Waals surface area (Å²) >= 11 is 0. The van der Waals surface area contributed by atoms with E-state index >= 15 is 0 Å². The SMILES string of the molecule is Cc1ccc2c(c1)N(CC(O)CO)C(=O)C(C)O2. The maximum atomic E-state index is 12.1. The number of nitrogens with zero attached hydrogens (tertiary/aromatic N) is 1. The highest BCUT2D eigenvalue weighted by Crippen LogP contribution is 2.34. The summed E-state index contributed by atoms with van der Waals surface area (Å²) in [4.78, 5) is 13.5. The molecule has 0 aromatic heterocycles. The number of carbonyl (C=O) groups excluding carboxylic acids is 1. The molecule has 1 heterocycles. The van der Waals surface area contributed by atoms with Crippen molar-refractivity contribution in [1.82, 2.24) is 0 Å². The smallest absolute Gasteiger partial charge is 0.267 e. The lowest BCUT2D eigenvalue weighted by atomic mass is 10.1. The molecule has 18 heavy (non-hydrogen) atoms. The number of ether oxygens (including phenoxy) is 1. The van der Waals surface area contributed by atoms with Crippen molar-refractivity contribution in [2.75, 3.05) is 18.1 Å². The van der Waals surface area contributed by atoms with E-state index in [-0.39, 0.29) is 19.1 Å². The summed E-state index contributed by atoms with van der Waals surface area (Å²) in [5.74, 6) is 0.415. The predicted molar refractivity (Wildman–Crippen MR) is 66.7 cm³/mol. The van der Waals surface area contributed by atoms with E-state index in [4.69, 9.17) is 9.84 Å². The van der Waals surface area contributed by atoms with Gasteiger partial charge in [0.1, 0.15) is 5.75 Å². The van der Waals surface area contributed by atoms with Crippen molar-refractivity contribution >= 4 is 11.6 Å². The Morgan fingerprint density at radius 1 is 1.50 bits per heavy atom. The summed E-state index contributed by atoms with van der Waals surface area (Å²) in [6, 6.07) is 5.55. The molecule has 0 saturated carbocycles. The van der Waals surface area contributed by atoms with Gasteiger partial charge in [-0.25, -0.2) is 0 Å². The van der Waals surface area contributed by atoms with Crippen molar-refractivity contribution in [1.29, 1.82) is 0 Å². The minimum Gasteiger partial charge on any atom is -0.479 e. The van der Waals surface area contributed by atoms with Crippen LogP contribution in [-0.2, 0) is 4.79 Å². The van der Waals surface area contributed by atoms with E-state index in [1.807, 2.05) is 25.1 Å². The zero-order valence-electron chi connectivity index (χ0n) is 10.5. The summed E-state index contributed by atoms with van der Waals surface area (Å²) in [5.41, 5.74) is 1.65. The number of amides is 1. The van der Waals surface area contributed by atoms with Crippen LogP contribution in [0.25, 0.3) is 0 Å². The van der Waals surface area contributed by atoms with E-state index < -0.39 is 12.2 Å². The zero-order valence-corrected chi connectivity index (χ0v) is 10.5. The molecular formula is C13H17NO4. The van der Waals surface area contributed by atoms with Crippen LogP contribution in [0.2, 0.25) is 0 Å². The minimum atomic E-state index is -0.951. The second-order valence-electron chi connectivity index (χ2n) is 4.52. The van der Waals surface area contributed by atoms with Crippen LogP contribution in [0.3, 0.4) is 0 Å². The molecule has 2 atom stereocenters. The Kier molecular flexibility index (Phi) is 3.54. The Bertz CT molecular complexity index is 460. The molecule has 2 N–H and O–H groups in total. The fourth-order valence-electron chi connectivity index (χ4n) is 1.97. The largest absolute Gasteiger partial charge is 0.479 e. The van der Waals surface area contributed by atoms with Gasteiger partial charge in [0.2, 0.25) is 0 Å². The highest BCUT2D eigenvalue weighted by molar-refractivity contribution is 5.99. The molecule has 1 amide bonds. The van der Waals surface area contributed by atoms with Crippen molar-refractivity contribution in [2.45, 2.75) is 26.1 Å². The number of benzene rings is 1. The lowest BCUT2D eigenvalue weighted by Gasteiger charge is -2.34. The monoisotopic (exact) mass is 251 g/mol. The first kappa shape index (κ1) is 12.9. The third kappa shape index (κ3) is 2.32. The van der Waals surface area contributed by atoms with E-state index in [2.05, 4.69) is 0 Å². The molecule has 98 valence electrons. The number of fused-ring (bicyclic) bond motifs is 1. The van der Waals surface area contributed by atoms with Crippen LogP contribution < -0.4 is 9.64 Å². The number of anilines is 1. The van der Waals surface area contributed by atoms with E-state index in [9.17, 15) is 9.90 Å². The molecule has 0 bridgehead atoms. The molecule has 1 aliphatic rings. The van der Waals surface area contributed by atoms with Crippen molar-refractivity contribution < 1.29 is 19.7 Å².